The number of pyridine rings is 1. The average Bonchev–Trinajstić information content (AvgIpc) is 3.59. The van der Waals surface area contributed by atoms with Gasteiger partial charge in [-0.15, -0.1) is 22.7 Å². The minimum atomic E-state index is -0.0495. The summed E-state index contributed by atoms with van der Waals surface area (Å²) >= 11 is 3.31. The van der Waals surface area contributed by atoms with E-state index in [4.69, 9.17) is 7.85 Å². The quantitative estimate of drug-likeness (QED) is 0.101. The summed E-state index contributed by atoms with van der Waals surface area (Å²) in [5.74, 6) is 0. The first kappa shape index (κ1) is 19.9. The largest absolute Gasteiger partial charge is 0.299 e. The lowest BCUT2D eigenvalue weighted by molar-refractivity contribution is 1.38. The van der Waals surface area contributed by atoms with Crippen molar-refractivity contribution in [2.75, 3.05) is 0 Å². The topological polar surface area (TPSA) is 52.0 Å². The summed E-state index contributed by atoms with van der Waals surface area (Å²) < 4.78 is 4.57. The molecule has 0 atom stereocenters. The first-order valence-corrected chi connectivity index (χ1v) is 13.1. The van der Waals surface area contributed by atoms with Crippen LogP contribution in [0.1, 0.15) is 5.56 Å². The SMILES string of the molecule is [B]C(=C(C#N)C#N)c1csc2c1sc1c2c2cccc3c4ccccc4c4c5ccccc5n1c4c32. The molecule has 36 heavy (non-hydrogen) atoms. The van der Waals surface area contributed by atoms with Crippen LogP contribution in [0.25, 0.3) is 73.8 Å². The number of hydrogen-bond acceptors (Lipinski definition) is 4. The lowest BCUT2D eigenvalue weighted by Crippen LogP contribution is -1.90. The smallest absolute Gasteiger partial charge is 0.123 e. The van der Waals surface area contributed by atoms with Crippen LogP contribution < -0.4 is 0 Å². The number of thiophene rings is 2. The summed E-state index contributed by atoms with van der Waals surface area (Å²) in [7, 11) is 6.35. The number of rotatable bonds is 1. The Kier molecular flexibility index (Phi) is 3.79. The molecule has 0 aliphatic heterocycles. The molecule has 0 saturated carbocycles. The van der Waals surface area contributed by atoms with E-state index in [1.54, 1.807) is 22.7 Å². The lowest BCUT2D eigenvalue weighted by atomic mass is 9.86. The van der Waals surface area contributed by atoms with Gasteiger partial charge in [0, 0.05) is 21.5 Å². The molecule has 0 fully saturated rings. The van der Waals surface area contributed by atoms with E-state index in [2.05, 4.69) is 71.1 Å². The van der Waals surface area contributed by atoms with Gasteiger partial charge in [0.2, 0.25) is 0 Å². The first-order chi connectivity index (χ1) is 17.7. The van der Waals surface area contributed by atoms with Gasteiger partial charge in [-0.25, -0.2) is 0 Å². The maximum atomic E-state index is 9.43. The Labute approximate surface area is 214 Å². The Balaban J connectivity index is 1.73. The van der Waals surface area contributed by atoms with Crippen molar-refractivity contribution in [1.29, 1.82) is 10.5 Å². The van der Waals surface area contributed by atoms with Crippen molar-refractivity contribution in [3.05, 3.63) is 83.2 Å². The van der Waals surface area contributed by atoms with Crippen LogP contribution in [0.15, 0.2) is 77.7 Å². The third-order valence-electron chi connectivity index (χ3n) is 7.30. The number of para-hydroxylation sites is 1. The zero-order valence-corrected chi connectivity index (χ0v) is 20.3. The Morgan fingerprint density at radius 1 is 0.722 bits per heavy atom. The molecular formula is C30H12BN3S2. The second-order valence-corrected chi connectivity index (χ2v) is 10.8. The van der Waals surface area contributed by atoms with Crippen LogP contribution in [0.4, 0.5) is 0 Å². The molecule has 2 radical (unpaired) electrons. The Morgan fingerprint density at radius 2 is 1.36 bits per heavy atom. The van der Waals surface area contributed by atoms with Crippen LogP contribution in [-0.2, 0) is 0 Å². The molecule has 0 aliphatic rings. The van der Waals surface area contributed by atoms with E-state index in [0.29, 0.717) is 0 Å². The molecule has 0 amide bonds. The average molecular weight is 489 g/mol. The number of allylic oxidation sites excluding steroid dienone is 1. The highest BCUT2D eigenvalue weighted by Crippen LogP contribution is 2.51. The highest BCUT2D eigenvalue weighted by molar-refractivity contribution is 7.32. The molecule has 4 aromatic carbocycles. The molecular weight excluding hydrogens is 477 g/mol. The molecule has 8 aromatic rings. The molecule has 6 heteroatoms. The number of aromatic nitrogens is 1. The van der Waals surface area contributed by atoms with Crippen LogP contribution in [0, 0.1) is 22.7 Å². The normalized spacial score (nSPS) is 11.9. The van der Waals surface area contributed by atoms with Gasteiger partial charge in [-0.05, 0) is 38.6 Å². The van der Waals surface area contributed by atoms with E-state index >= 15 is 0 Å². The van der Waals surface area contributed by atoms with Gasteiger partial charge in [0.15, 0.2) is 0 Å². The maximum Gasteiger partial charge on any atom is 0.123 e. The molecule has 3 nitrogen and oxygen atoms in total. The zero-order valence-electron chi connectivity index (χ0n) is 18.7. The van der Waals surface area contributed by atoms with Gasteiger partial charge >= 0.3 is 0 Å². The van der Waals surface area contributed by atoms with Crippen LogP contribution in [0.5, 0.6) is 0 Å². The van der Waals surface area contributed by atoms with E-state index < -0.39 is 0 Å². The molecule has 0 saturated heterocycles. The minimum Gasteiger partial charge on any atom is -0.299 e. The molecule has 4 heterocycles. The van der Waals surface area contributed by atoms with Crippen LogP contribution in [-0.4, -0.2) is 12.2 Å². The molecule has 162 valence electrons. The van der Waals surface area contributed by atoms with Gasteiger partial charge in [-0.1, -0.05) is 66.1 Å². The third-order valence-corrected chi connectivity index (χ3v) is 9.64. The highest BCUT2D eigenvalue weighted by atomic mass is 32.1. The summed E-state index contributed by atoms with van der Waals surface area (Å²) in [6, 6.07) is 27.8. The summed E-state index contributed by atoms with van der Waals surface area (Å²) in [6.45, 7) is 0. The van der Waals surface area contributed by atoms with E-state index in [0.717, 1.165) is 19.8 Å². The fourth-order valence-corrected chi connectivity index (χ4v) is 8.56. The summed E-state index contributed by atoms with van der Waals surface area (Å²) in [5.41, 5.74) is 3.37. The predicted octanol–water partition coefficient (Wildman–Crippen LogP) is 8.35. The molecule has 0 aliphatic carbocycles. The van der Waals surface area contributed by atoms with Crippen LogP contribution in [0.3, 0.4) is 0 Å². The van der Waals surface area contributed by atoms with Gasteiger partial charge < -0.3 is 0 Å². The van der Waals surface area contributed by atoms with Crippen molar-refractivity contribution in [1.82, 2.24) is 4.40 Å². The Hall–Kier alpha value is -4.36. The number of nitriles is 2. The predicted molar refractivity (Wildman–Crippen MR) is 153 cm³/mol. The van der Waals surface area contributed by atoms with Gasteiger partial charge in [0.25, 0.3) is 0 Å². The number of fused-ring (bicyclic) bond motifs is 11. The summed E-state index contributed by atoms with van der Waals surface area (Å²) in [4.78, 5) is 1.16. The van der Waals surface area contributed by atoms with Gasteiger partial charge in [0.1, 0.15) is 30.4 Å². The maximum absolute atomic E-state index is 9.43. The van der Waals surface area contributed by atoms with E-state index in [1.807, 2.05) is 17.5 Å². The number of benzene rings is 4. The van der Waals surface area contributed by atoms with Crippen LogP contribution in [0.2, 0.25) is 0 Å². The standard InChI is InChI=1S/C30H12BN3S2/c31-26(15(12-32)13-33)21-14-35-29-25-20-10-5-9-18-16-6-1-2-7-17(16)23-19-8-3-4-11-22(19)34(27(23)24(18)20)30(25)36-28(21)29/h1-11,14H. The second-order valence-electron chi connectivity index (χ2n) is 8.95. The van der Waals surface area contributed by atoms with Gasteiger partial charge in [0.05, 0.1) is 20.4 Å². The monoisotopic (exact) mass is 489 g/mol. The van der Waals surface area contributed by atoms with Gasteiger partial charge in [-0.3, -0.25) is 4.40 Å². The molecule has 0 bridgehead atoms. The third kappa shape index (κ3) is 2.22. The second kappa shape index (κ2) is 6.86. The molecule has 4 aromatic heterocycles. The molecule has 0 N–H and O–H groups in total. The minimum absolute atomic E-state index is 0.0495. The van der Waals surface area contributed by atoms with Crippen molar-refractivity contribution in [3.8, 4) is 12.1 Å². The molecule has 0 unspecified atom stereocenters. The Morgan fingerprint density at radius 3 is 2.14 bits per heavy atom. The van der Waals surface area contributed by atoms with Crippen molar-refractivity contribution in [3.63, 3.8) is 0 Å². The number of nitrogens with zero attached hydrogens (tertiary/aromatic N) is 3. The highest BCUT2D eigenvalue weighted by Gasteiger charge is 2.24. The fraction of sp³-hybridized carbons (Fsp3) is 0. The van der Waals surface area contributed by atoms with Crippen molar-refractivity contribution in [2.24, 2.45) is 0 Å². The van der Waals surface area contributed by atoms with Crippen molar-refractivity contribution < 1.29 is 0 Å². The van der Waals surface area contributed by atoms with E-state index in [1.165, 1.54) is 54.1 Å². The molecule has 0 spiro atoms. The molecule has 8 rings (SSSR count). The summed E-state index contributed by atoms with van der Waals surface area (Å²) in [5, 5.41) is 30.8. The van der Waals surface area contributed by atoms with Gasteiger partial charge in [-0.2, -0.15) is 10.5 Å². The summed E-state index contributed by atoms with van der Waals surface area (Å²) in [6.07, 6.45) is 0. The fourth-order valence-electron chi connectivity index (χ4n) is 5.86. The lowest BCUT2D eigenvalue weighted by Gasteiger charge is -2.13. The van der Waals surface area contributed by atoms with Crippen molar-refractivity contribution >= 4 is 104 Å². The van der Waals surface area contributed by atoms with Crippen molar-refractivity contribution in [2.45, 2.75) is 0 Å². The first-order valence-electron chi connectivity index (χ1n) is 11.4. The van der Waals surface area contributed by atoms with E-state index in [9.17, 15) is 10.5 Å². The van der Waals surface area contributed by atoms with Crippen LogP contribution >= 0.6 is 22.7 Å². The zero-order chi connectivity index (χ0) is 24.1. The number of hydrogen-bond donors (Lipinski definition) is 0. The Bertz CT molecular complexity index is 2340. The van der Waals surface area contributed by atoms with E-state index in [-0.39, 0.29) is 11.0 Å².